The maximum atomic E-state index is 12.5. The molecule has 0 aromatic carbocycles. The summed E-state index contributed by atoms with van der Waals surface area (Å²) in [4.78, 5) is 3.71. The van der Waals surface area contributed by atoms with Crippen LogP contribution in [0.3, 0.4) is 0 Å². The predicted octanol–water partition coefficient (Wildman–Crippen LogP) is 1.18. The molecule has 2 rings (SSSR count). The maximum absolute atomic E-state index is 12.5. The van der Waals surface area contributed by atoms with Crippen molar-refractivity contribution in [1.82, 2.24) is 9.38 Å². The van der Waals surface area contributed by atoms with Gasteiger partial charge in [-0.05, 0) is 12.1 Å². The molecule has 0 fully saturated rings. The van der Waals surface area contributed by atoms with Crippen molar-refractivity contribution >= 4 is 5.65 Å². The minimum atomic E-state index is -0.352. The summed E-state index contributed by atoms with van der Waals surface area (Å²) in [7, 11) is 0. The molecule has 2 aromatic heterocycles. The Bertz CT molecular complexity index is 396. The second kappa shape index (κ2) is 1.95. The van der Waals surface area contributed by atoms with E-state index in [1.807, 2.05) is 0 Å². The smallest absolute Gasteiger partial charge is 0.230 e. The molecular weight excluding hydrogens is 147 g/mol. The van der Waals surface area contributed by atoms with E-state index in [1.165, 1.54) is 28.9 Å². The van der Waals surface area contributed by atoms with Crippen molar-refractivity contribution in [3.05, 3.63) is 30.3 Å². The van der Waals surface area contributed by atoms with Gasteiger partial charge in [-0.2, -0.15) is 4.98 Å². The van der Waals surface area contributed by atoms with E-state index in [1.54, 1.807) is 0 Å². The quantitative estimate of drug-likeness (QED) is 0.615. The van der Waals surface area contributed by atoms with Gasteiger partial charge in [0.1, 0.15) is 11.5 Å². The van der Waals surface area contributed by atoms with Crippen LogP contribution in [0.2, 0.25) is 0 Å². The van der Waals surface area contributed by atoms with Crippen molar-refractivity contribution in [3.63, 3.8) is 0 Å². The van der Waals surface area contributed by atoms with Gasteiger partial charge in [0.05, 0.1) is 6.20 Å². The number of halogens is 1. The van der Waals surface area contributed by atoms with Crippen LogP contribution in [-0.2, 0) is 0 Å². The molecule has 0 saturated heterocycles. The van der Waals surface area contributed by atoms with Crippen LogP contribution in [0.25, 0.3) is 5.65 Å². The fraction of sp³-hybridized carbons (Fsp3) is 0. The van der Waals surface area contributed by atoms with E-state index in [0.29, 0.717) is 5.65 Å². The van der Waals surface area contributed by atoms with Gasteiger partial charge in [0.15, 0.2) is 0 Å². The van der Waals surface area contributed by atoms with E-state index in [0.717, 1.165) is 0 Å². The van der Waals surface area contributed by atoms with Crippen molar-refractivity contribution < 1.29 is 9.50 Å². The van der Waals surface area contributed by atoms with Crippen LogP contribution in [0, 0.1) is 5.82 Å². The minimum absolute atomic E-state index is 0.101. The van der Waals surface area contributed by atoms with E-state index >= 15 is 0 Å². The van der Waals surface area contributed by atoms with Gasteiger partial charge in [-0.25, -0.2) is 4.39 Å². The van der Waals surface area contributed by atoms with Crippen LogP contribution in [0.1, 0.15) is 0 Å². The molecule has 0 radical (unpaired) electrons. The van der Waals surface area contributed by atoms with Crippen molar-refractivity contribution in [2.45, 2.75) is 0 Å². The Labute approximate surface area is 61.7 Å². The van der Waals surface area contributed by atoms with Crippen molar-refractivity contribution in [3.8, 4) is 5.88 Å². The molecule has 0 saturated carbocycles. The number of hydrogen-bond donors (Lipinski definition) is 1. The lowest BCUT2D eigenvalue weighted by Crippen LogP contribution is -1.83. The van der Waals surface area contributed by atoms with E-state index in [2.05, 4.69) is 4.98 Å². The Morgan fingerprint density at radius 3 is 3.00 bits per heavy atom. The summed E-state index contributed by atoms with van der Waals surface area (Å²) in [6.07, 6.45) is 2.60. The summed E-state index contributed by atoms with van der Waals surface area (Å²) in [6.45, 7) is 0. The number of nitrogens with zero attached hydrogens (tertiary/aromatic N) is 2. The summed E-state index contributed by atoms with van der Waals surface area (Å²) in [6, 6.07) is 2.79. The van der Waals surface area contributed by atoms with E-state index in [-0.39, 0.29) is 11.7 Å². The van der Waals surface area contributed by atoms with Crippen LogP contribution >= 0.6 is 0 Å². The highest BCUT2D eigenvalue weighted by atomic mass is 19.1. The summed E-state index contributed by atoms with van der Waals surface area (Å²) < 4.78 is 13.9. The molecule has 0 atom stereocenters. The molecule has 1 N–H and O–H groups in total. The number of fused-ring (bicyclic) bond motifs is 1. The van der Waals surface area contributed by atoms with Crippen molar-refractivity contribution in [1.29, 1.82) is 0 Å². The first kappa shape index (κ1) is 6.15. The average Bonchev–Trinajstić information content (AvgIpc) is 2.27. The van der Waals surface area contributed by atoms with Gasteiger partial charge in [-0.15, -0.1) is 0 Å². The highest BCUT2D eigenvalue weighted by Gasteiger charge is 1.98. The SMILES string of the molecule is Oc1cn2cc(F)ccc2n1. The number of hydrogen-bond acceptors (Lipinski definition) is 2. The minimum Gasteiger partial charge on any atom is -0.492 e. The van der Waals surface area contributed by atoms with Crippen LogP contribution in [0.15, 0.2) is 24.5 Å². The molecular formula is C7H5FN2O. The summed E-state index contributed by atoms with van der Waals surface area (Å²) in [5.74, 6) is -0.453. The molecule has 4 heteroatoms. The monoisotopic (exact) mass is 152 g/mol. The molecule has 2 heterocycles. The van der Waals surface area contributed by atoms with Crippen LogP contribution < -0.4 is 0 Å². The Morgan fingerprint density at radius 2 is 2.18 bits per heavy atom. The van der Waals surface area contributed by atoms with Gasteiger partial charge in [-0.1, -0.05) is 0 Å². The fourth-order valence-electron chi connectivity index (χ4n) is 0.951. The van der Waals surface area contributed by atoms with Crippen LogP contribution in [0.4, 0.5) is 4.39 Å². The van der Waals surface area contributed by atoms with Crippen LogP contribution in [-0.4, -0.2) is 14.5 Å². The molecule has 0 amide bonds. The average molecular weight is 152 g/mol. The third-order valence-corrected chi connectivity index (χ3v) is 1.40. The van der Waals surface area contributed by atoms with Gasteiger partial charge in [-0.3, -0.25) is 0 Å². The zero-order valence-corrected chi connectivity index (χ0v) is 5.53. The number of imidazole rings is 1. The molecule has 0 unspecified atom stereocenters. The zero-order chi connectivity index (χ0) is 7.84. The van der Waals surface area contributed by atoms with Gasteiger partial charge in [0.2, 0.25) is 5.88 Å². The zero-order valence-electron chi connectivity index (χ0n) is 5.53. The van der Waals surface area contributed by atoms with Crippen LogP contribution in [0.5, 0.6) is 5.88 Å². The second-order valence-electron chi connectivity index (χ2n) is 2.21. The lowest BCUT2D eigenvalue weighted by atomic mass is 10.5. The first-order chi connectivity index (χ1) is 5.25. The number of aromatic hydroxyl groups is 1. The molecule has 0 aliphatic heterocycles. The first-order valence-corrected chi connectivity index (χ1v) is 3.09. The van der Waals surface area contributed by atoms with Crippen molar-refractivity contribution in [2.75, 3.05) is 0 Å². The van der Waals surface area contributed by atoms with Crippen molar-refractivity contribution in [2.24, 2.45) is 0 Å². The Morgan fingerprint density at radius 1 is 1.36 bits per heavy atom. The molecule has 2 aromatic rings. The second-order valence-corrected chi connectivity index (χ2v) is 2.21. The molecule has 11 heavy (non-hydrogen) atoms. The predicted molar refractivity (Wildman–Crippen MR) is 36.8 cm³/mol. The molecule has 0 bridgehead atoms. The molecule has 0 aliphatic carbocycles. The Hall–Kier alpha value is -1.58. The maximum Gasteiger partial charge on any atom is 0.230 e. The molecule has 0 aliphatic rings. The first-order valence-electron chi connectivity index (χ1n) is 3.09. The van der Waals surface area contributed by atoms with Gasteiger partial charge >= 0.3 is 0 Å². The van der Waals surface area contributed by atoms with Gasteiger partial charge in [0, 0.05) is 6.20 Å². The Balaban J connectivity index is 2.82. The third kappa shape index (κ3) is 0.920. The normalized spacial score (nSPS) is 10.6. The molecule has 0 spiro atoms. The molecule has 56 valence electrons. The summed E-state index contributed by atoms with van der Waals surface area (Å²) in [5.41, 5.74) is 0.531. The van der Waals surface area contributed by atoms with Gasteiger partial charge < -0.3 is 9.51 Å². The topological polar surface area (TPSA) is 37.5 Å². The number of aromatic nitrogens is 2. The highest BCUT2D eigenvalue weighted by molar-refractivity contribution is 5.40. The fourth-order valence-corrected chi connectivity index (χ4v) is 0.951. The summed E-state index contributed by atoms with van der Waals surface area (Å²) >= 11 is 0. The standard InChI is InChI=1S/C7H5FN2O/c8-5-1-2-6-9-7(11)4-10(6)3-5/h1-4,11H. The number of rotatable bonds is 0. The third-order valence-electron chi connectivity index (χ3n) is 1.40. The lowest BCUT2D eigenvalue weighted by molar-refractivity contribution is 0.457. The Kier molecular flexibility index (Phi) is 1.09. The van der Waals surface area contributed by atoms with E-state index in [9.17, 15) is 4.39 Å². The van der Waals surface area contributed by atoms with E-state index in [4.69, 9.17) is 5.11 Å². The van der Waals surface area contributed by atoms with E-state index < -0.39 is 0 Å². The highest BCUT2D eigenvalue weighted by Crippen LogP contribution is 2.10. The molecule has 3 nitrogen and oxygen atoms in total. The number of pyridine rings is 1. The van der Waals surface area contributed by atoms with Gasteiger partial charge in [0.25, 0.3) is 0 Å². The largest absolute Gasteiger partial charge is 0.492 e. The lowest BCUT2D eigenvalue weighted by Gasteiger charge is -1.89. The summed E-state index contributed by atoms with van der Waals surface area (Å²) in [5, 5.41) is 8.89.